The summed E-state index contributed by atoms with van der Waals surface area (Å²) in [6.07, 6.45) is 0.659. The fraction of sp³-hybridized carbons (Fsp3) is 0.400. The van der Waals surface area contributed by atoms with Crippen LogP contribution in [-0.2, 0) is 6.54 Å². The van der Waals surface area contributed by atoms with Crippen molar-refractivity contribution in [2.45, 2.75) is 13.0 Å². The molecule has 4 heteroatoms. The summed E-state index contributed by atoms with van der Waals surface area (Å²) in [5, 5.41) is 12.0. The quantitative estimate of drug-likeness (QED) is 0.739. The van der Waals surface area contributed by atoms with E-state index in [1.807, 2.05) is 0 Å². The van der Waals surface area contributed by atoms with Crippen LogP contribution in [0.2, 0.25) is 5.02 Å². The molecule has 2 nitrogen and oxygen atoms in total. The first-order valence-corrected chi connectivity index (χ1v) is 4.88. The fourth-order valence-corrected chi connectivity index (χ4v) is 1.35. The van der Waals surface area contributed by atoms with E-state index < -0.39 is 0 Å². The van der Waals surface area contributed by atoms with Gasteiger partial charge < -0.3 is 10.4 Å². The van der Waals surface area contributed by atoms with E-state index in [2.05, 4.69) is 5.32 Å². The second-order valence-corrected chi connectivity index (χ2v) is 3.36. The number of benzene rings is 1. The van der Waals surface area contributed by atoms with Crippen molar-refractivity contribution < 1.29 is 9.50 Å². The van der Waals surface area contributed by atoms with Gasteiger partial charge in [-0.25, -0.2) is 4.39 Å². The third kappa shape index (κ3) is 3.25. The molecule has 1 rings (SSSR count). The van der Waals surface area contributed by atoms with Crippen molar-refractivity contribution in [1.29, 1.82) is 0 Å². The van der Waals surface area contributed by atoms with Crippen LogP contribution in [-0.4, -0.2) is 18.3 Å². The van der Waals surface area contributed by atoms with E-state index >= 15 is 0 Å². The van der Waals surface area contributed by atoms with Crippen molar-refractivity contribution in [2.24, 2.45) is 0 Å². The van der Waals surface area contributed by atoms with E-state index in [1.165, 1.54) is 6.07 Å². The SMILES string of the molecule is OCCCNCc1c(F)cccc1Cl. The van der Waals surface area contributed by atoms with Gasteiger partial charge in [-0.05, 0) is 25.1 Å². The van der Waals surface area contributed by atoms with E-state index in [-0.39, 0.29) is 12.4 Å². The Bertz CT molecular complexity index is 273. The van der Waals surface area contributed by atoms with Gasteiger partial charge in [-0.1, -0.05) is 17.7 Å². The zero-order valence-corrected chi connectivity index (χ0v) is 8.52. The molecular weight excluding hydrogens is 205 g/mol. The van der Waals surface area contributed by atoms with Crippen LogP contribution >= 0.6 is 11.6 Å². The normalized spacial score (nSPS) is 10.5. The zero-order valence-electron chi connectivity index (χ0n) is 7.76. The molecule has 0 aliphatic carbocycles. The maximum absolute atomic E-state index is 13.2. The minimum atomic E-state index is -0.297. The molecule has 0 fully saturated rings. The summed E-state index contributed by atoms with van der Waals surface area (Å²) in [7, 11) is 0. The molecular formula is C10H13ClFNO. The molecule has 0 saturated carbocycles. The summed E-state index contributed by atoms with van der Waals surface area (Å²) >= 11 is 5.81. The van der Waals surface area contributed by atoms with Crippen molar-refractivity contribution in [3.63, 3.8) is 0 Å². The van der Waals surface area contributed by atoms with Crippen molar-refractivity contribution in [2.75, 3.05) is 13.2 Å². The molecule has 1 aromatic rings. The van der Waals surface area contributed by atoms with Crippen molar-refractivity contribution in [1.82, 2.24) is 5.32 Å². The molecule has 0 radical (unpaired) electrons. The van der Waals surface area contributed by atoms with E-state index in [9.17, 15) is 4.39 Å². The highest BCUT2D eigenvalue weighted by Crippen LogP contribution is 2.18. The van der Waals surface area contributed by atoms with Gasteiger partial charge in [0.05, 0.1) is 0 Å². The first-order chi connectivity index (χ1) is 6.75. The molecule has 0 saturated heterocycles. The molecule has 0 amide bonds. The first kappa shape index (κ1) is 11.4. The van der Waals surface area contributed by atoms with Crippen LogP contribution in [0.3, 0.4) is 0 Å². The number of aliphatic hydroxyl groups excluding tert-OH is 1. The average molecular weight is 218 g/mol. The molecule has 0 atom stereocenters. The predicted molar refractivity (Wildman–Crippen MR) is 54.8 cm³/mol. The van der Waals surface area contributed by atoms with Gasteiger partial charge in [0.1, 0.15) is 5.82 Å². The highest BCUT2D eigenvalue weighted by atomic mass is 35.5. The molecule has 0 aliphatic rings. The number of halogens is 2. The highest BCUT2D eigenvalue weighted by Gasteiger charge is 2.05. The van der Waals surface area contributed by atoms with Gasteiger partial charge >= 0.3 is 0 Å². The van der Waals surface area contributed by atoms with Crippen LogP contribution in [0.15, 0.2) is 18.2 Å². The van der Waals surface area contributed by atoms with Gasteiger partial charge in [-0.3, -0.25) is 0 Å². The number of nitrogens with one attached hydrogen (secondary N) is 1. The summed E-state index contributed by atoms with van der Waals surface area (Å²) < 4.78 is 13.2. The highest BCUT2D eigenvalue weighted by molar-refractivity contribution is 6.31. The Kier molecular flexibility index (Phi) is 4.87. The Morgan fingerprint density at radius 1 is 1.43 bits per heavy atom. The van der Waals surface area contributed by atoms with E-state index in [0.29, 0.717) is 30.1 Å². The molecule has 2 N–H and O–H groups in total. The second-order valence-electron chi connectivity index (χ2n) is 2.95. The van der Waals surface area contributed by atoms with Gasteiger partial charge in [0.25, 0.3) is 0 Å². The molecule has 14 heavy (non-hydrogen) atoms. The van der Waals surface area contributed by atoms with Crippen molar-refractivity contribution in [3.8, 4) is 0 Å². The molecule has 0 bridgehead atoms. The standard InChI is InChI=1S/C10H13ClFNO/c11-9-3-1-4-10(12)8(9)7-13-5-2-6-14/h1,3-4,13-14H,2,5-7H2. The Balaban J connectivity index is 2.49. The second kappa shape index (κ2) is 5.96. The topological polar surface area (TPSA) is 32.3 Å². The van der Waals surface area contributed by atoms with Gasteiger partial charge in [0.2, 0.25) is 0 Å². The van der Waals surface area contributed by atoms with Crippen LogP contribution in [0, 0.1) is 5.82 Å². The van der Waals surface area contributed by atoms with Crippen LogP contribution in [0.25, 0.3) is 0 Å². The van der Waals surface area contributed by atoms with E-state index in [0.717, 1.165) is 0 Å². The minimum absolute atomic E-state index is 0.137. The molecule has 0 spiro atoms. The lowest BCUT2D eigenvalue weighted by atomic mass is 10.2. The lowest BCUT2D eigenvalue weighted by molar-refractivity contribution is 0.286. The number of hydrogen-bond donors (Lipinski definition) is 2. The van der Waals surface area contributed by atoms with Gasteiger partial charge in [0.15, 0.2) is 0 Å². The lowest BCUT2D eigenvalue weighted by Gasteiger charge is -2.06. The molecule has 1 aromatic carbocycles. The van der Waals surface area contributed by atoms with Gasteiger partial charge in [0, 0.05) is 23.7 Å². The Hall–Kier alpha value is -0.640. The lowest BCUT2D eigenvalue weighted by Crippen LogP contribution is -2.16. The summed E-state index contributed by atoms with van der Waals surface area (Å²) in [6.45, 7) is 1.19. The summed E-state index contributed by atoms with van der Waals surface area (Å²) in [5.74, 6) is -0.297. The van der Waals surface area contributed by atoms with Crippen molar-refractivity contribution in [3.05, 3.63) is 34.6 Å². The molecule has 0 heterocycles. The van der Waals surface area contributed by atoms with Crippen molar-refractivity contribution >= 4 is 11.6 Å². The van der Waals surface area contributed by atoms with Crippen LogP contribution in [0.4, 0.5) is 4.39 Å². The monoisotopic (exact) mass is 217 g/mol. The largest absolute Gasteiger partial charge is 0.396 e. The summed E-state index contributed by atoms with van der Waals surface area (Å²) in [4.78, 5) is 0. The fourth-order valence-electron chi connectivity index (χ4n) is 1.12. The first-order valence-electron chi connectivity index (χ1n) is 4.50. The maximum atomic E-state index is 13.2. The minimum Gasteiger partial charge on any atom is -0.396 e. The zero-order chi connectivity index (χ0) is 10.4. The number of aliphatic hydroxyl groups is 1. The predicted octanol–water partition coefficient (Wildman–Crippen LogP) is 1.95. The number of rotatable bonds is 5. The summed E-state index contributed by atoms with van der Waals surface area (Å²) in [5.41, 5.74) is 0.479. The molecule has 0 unspecified atom stereocenters. The van der Waals surface area contributed by atoms with Crippen LogP contribution < -0.4 is 5.32 Å². The maximum Gasteiger partial charge on any atom is 0.129 e. The number of hydrogen-bond acceptors (Lipinski definition) is 2. The van der Waals surface area contributed by atoms with Gasteiger partial charge in [-0.2, -0.15) is 0 Å². The Morgan fingerprint density at radius 2 is 2.21 bits per heavy atom. The third-order valence-corrected chi connectivity index (χ3v) is 2.23. The summed E-state index contributed by atoms with van der Waals surface area (Å²) in [6, 6.07) is 4.62. The van der Waals surface area contributed by atoms with E-state index in [1.54, 1.807) is 12.1 Å². The third-order valence-electron chi connectivity index (χ3n) is 1.88. The smallest absolute Gasteiger partial charge is 0.129 e. The average Bonchev–Trinajstić information content (AvgIpc) is 2.16. The van der Waals surface area contributed by atoms with Crippen LogP contribution in [0.1, 0.15) is 12.0 Å². The molecule has 0 aliphatic heterocycles. The van der Waals surface area contributed by atoms with Crippen LogP contribution in [0.5, 0.6) is 0 Å². The molecule has 78 valence electrons. The van der Waals surface area contributed by atoms with Gasteiger partial charge in [-0.15, -0.1) is 0 Å². The Morgan fingerprint density at radius 3 is 2.86 bits per heavy atom. The molecule has 0 aromatic heterocycles. The van der Waals surface area contributed by atoms with E-state index in [4.69, 9.17) is 16.7 Å². The Labute approximate surface area is 87.7 Å².